The standard InChI is InChI=1S/C12H12FN3O4S/c1-7-11(6-14-15-7)21(18,19)16-10-5-8(13)3-4-9(10)12(17)20-2/h3-6,16H,1-2H3,(H,14,15). The lowest BCUT2D eigenvalue weighted by molar-refractivity contribution is 0.0602. The van der Waals surface area contributed by atoms with Gasteiger partial charge >= 0.3 is 5.97 Å². The number of carbonyl (C=O) groups is 1. The third-order valence-corrected chi connectivity index (χ3v) is 4.18. The third kappa shape index (κ3) is 3.02. The van der Waals surface area contributed by atoms with Crippen molar-refractivity contribution >= 4 is 21.7 Å². The molecule has 0 atom stereocenters. The van der Waals surface area contributed by atoms with Crippen LogP contribution in [-0.4, -0.2) is 31.7 Å². The van der Waals surface area contributed by atoms with E-state index in [1.54, 1.807) is 0 Å². The SMILES string of the molecule is COC(=O)c1ccc(F)cc1NS(=O)(=O)c1cn[nH]c1C. The van der Waals surface area contributed by atoms with Crippen LogP contribution in [0.1, 0.15) is 16.1 Å². The Morgan fingerprint density at radius 1 is 1.43 bits per heavy atom. The van der Waals surface area contributed by atoms with Gasteiger partial charge in [0.15, 0.2) is 0 Å². The predicted octanol–water partition coefficient (Wildman–Crippen LogP) is 1.44. The first kappa shape index (κ1) is 15.0. The number of nitrogens with zero attached hydrogens (tertiary/aromatic N) is 1. The van der Waals surface area contributed by atoms with Crippen molar-refractivity contribution in [1.29, 1.82) is 0 Å². The van der Waals surface area contributed by atoms with Gasteiger partial charge in [-0.1, -0.05) is 0 Å². The maximum atomic E-state index is 13.3. The molecule has 2 aromatic rings. The van der Waals surface area contributed by atoms with Crippen molar-refractivity contribution in [2.75, 3.05) is 11.8 Å². The van der Waals surface area contributed by atoms with Crippen molar-refractivity contribution in [3.05, 3.63) is 41.5 Å². The fourth-order valence-corrected chi connectivity index (χ4v) is 2.91. The van der Waals surface area contributed by atoms with Crippen molar-refractivity contribution in [2.24, 2.45) is 0 Å². The average molecular weight is 313 g/mol. The highest BCUT2D eigenvalue weighted by Gasteiger charge is 2.22. The Morgan fingerprint density at radius 3 is 2.71 bits per heavy atom. The fourth-order valence-electron chi connectivity index (χ4n) is 1.70. The van der Waals surface area contributed by atoms with Crippen LogP contribution in [0.15, 0.2) is 29.3 Å². The number of esters is 1. The number of halogens is 1. The Hall–Kier alpha value is -2.42. The van der Waals surface area contributed by atoms with Gasteiger partial charge < -0.3 is 4.74 Å². The van der Waals surface area contributed by atoms with Crippen molar-refractivity contribution in [1.82, 2.24) is 10.2 Å². The highest BCUT2D eigenvalue weighted by atomic mass is 32.2. The maximum Gasteiger partial charge on any atom is 0.339 e. The summed E-state index contributed by atoms with van der Waals surface area (Å²) in [4.78, 5) is 11.5. The van der Waals surface area contributed by atoms with Crippen LogP contribution in [0.2, 0.25) is 0 Å². The molecule has 7 nitrogen and oxygen atoms in total. The first-order valence-corrected chi connectivity index (χ1v) is 7.24. The highest BCUT2D eigenvalue weighted by molar-refractivity contribution is 7.92. The molecule has 1 heterocycles. The number of aryl methyl sites for hydroxylation is 1. The summed E-state index contributed by atoms with van der Waals surface area (Å²) >= 11 is 0. The van der Waals surface area contributed by atoms with E-state index in [-0.39, 0.29) is 16.1 Å². The number of carbonyl (C=O) groups excluding carboxylic acids is 1. The van der Waals surface area contributed by atoms with Gasteiger partial charge in [0, 0.05) is 0 Å². The predicted molar refractivity (Wildman–Crippen MR) is 71.9 cm³/mol. The number of benzene rings is 1. The molecule has 0 saturated carbocycles. The van der Waals surface area contributed by atoms with Gasteiger partial charge in [-0.3, -0.25) is 9.82 Å². The molecule has 112 valence electrons. The van der Waals surface area contributed by atoms with Crippen molar-refractivity contribution in [2.45, 2.75) is 11.8 Å². The number of anilines is 1. The molecule has 0 fully saturated rings. The molecular formula is C12H12FN3O4S. The minimum Gasteiger partial charge on any atom is -0.465 e. The molecule has 0 spiro atoms. The summed E-state index contributed by atoms with van der Waals surface area (Å²) in [6, 6.07) is 3.08. The zero-order valence-corrected chi connectivity index (χ0v) is 12.0. The van der Waals surface area contributed by atoms with Crippen LogP contribution in [0.5, 0.6) is 0 Å². The molecule has 2 N–H and O–H groups in total. The third-order valence-electron chi connectivity index (χ3n) is 2.70. The summed E-state index contributed by atoms with van der Waals surface area (Å²) in [6.07, 6.45) is 1.12. The van der Waals surface area contributed by atoms with Gasteiger partial charge in [-0.15, -0.1) is 0 Å². The lowest BCUT2D eigenvalue weighted by atomic mass is 10.2. The smallest absolute Gasteiger partial charge is 0.339 e. The van der Waals surface area contributed by atoms with Gasteiger partial charge in [0.25, 0.3) is 10.0 Å². The van der Waals surface area contributed by atoms with E-state index in [1.165, 1.54) is 6.92 Å². The number of hydrogen-bond acceptors (Lipinski definition) is 5. The number of hydrogen-bond donors (Lipinski definition) is 2. The lowest BCUT2D eigenvalue weighted by Crippen LogP contribution is -2.16. The highest BCUT2D eigenvalue weighted by Crippen LogP contribution is 2.23. The van der Waals surface area contributed by atoms with E-state index in [4.69, 9.17) is 0 Å². The van der Waals surface area contributed by atoms with Crippen molar-refractivity contribution in [3.63, 3.8) is 0 Å². The maximum absolute atomic E-state index is 13.3. The first-order chi connectivity index (χ1) is 9.85. The van der Waals surface area contributed by atoms with Gasteiger partial charge in [0.1, 0.15) is 10.7 Å². The molecule has 0 aliphatic heterocycles. The van der Waals surface area contributed by atoms with Gasteiger partial charge in [-0.25, -0.2) is 17.6 Å². The monoisotopic (exact) mass is 313 g/mol. The number of methoxy groups -OCH3 is 1. The summed E-state index contributed by atoms with van der Waals surface area (Å²) in [5.74, 6) is -1.47. The Morgan fingerprint density at radius 2 is 2.14 bits per heavy atom. The number of H-pyrrole nitrogens is 1. The van der Waals surface area contributed by atoms with E-state index in [1.807, 2.05) is 0 Å². The summed E-state index contributed by atoms with van der Waals surface area (Å²) < 4.78 is 44.4. The average Bonchev–Trinajstić information content (AvgIpc) is 2.85. The number of sulfonamides is 1. The Kier molecular flexibility index (Phi) is 3.94. The second kappa shape index (κ2) is 5.52. The minimum atomic E-state index is -4.00. The quantitative estimate of drug-likeness (QED) is 0.832. The molecule has 2 rings (SSSR count). The van der Waals surface area contributed by atoms with Crippen LogP contribution in [0.25, 0.3) is 0 Å². The molecular weight excluding hydrogens is 301 g/mol. The second-order valence-electron chi connectivity index (χ2n) is 4.15. The molecule has 1 aromatic carbocycles. The first-order valence-electron chi connectivity index (χ1n) is 5.76. The molecule has 0 radical (unpaired) electrons. The van der Waals surface area contributed by atoms with Gasteiger partial charge in [0.2, 0.25) is 0 Å². The van der Waals surface area contributed by atoms with Crippen LogP contribution >= 0.6 is 0 Å². The van der Waals surface area contributed by atoms with E-state index in [9.17, 15) is 17.6 Å². The Labute approximate surface area is 120 Å². The van der Waals surface area contributed by atoms with Gasteiger partial charge in [-0.05, 0) is 25.1 Å². The summed E-state index contributed by atoms with van der Waals surface area (Å²) in [5.41, 5.74) is 0.0181. The molecule has 0 unspecified atom stereocenters. The van der Waals surface area contributed by atoms with Crippen LogP contribution in [0.4, 0.5) is 10.1 Å². The van der Waals surface area contributed by atoms with E-state index in [0.29, 0.717) is 5.69 Å². The summed E-state index contributed by atoms with van der Waals surface area (Å²) in [6.45, 7) is 1.52. The molecule has 0 bridgehead atoms. The normalized spacial score (nSPS) is 11.2. The fraction of sp³-hybridized carbons (Fsp3) is 0.167. The van der Waals surface area contributed by atoms with Gasteiger partial charge in [0.05, 0.1) is 30.3 Å². The number of ether oxygens (including phenoxy) is 1. The topological polar surface area (TPSA) is 101 Å². The van der Waals surface area contributed by atoms with Crippen molar-refractivity contribution < 1.29 is 22.3 Å². The molecule has 0 aliphatic carbocycles. The zero-order valence-electron chi connectivity index (χ0n) is 11.2. The van der Waals surface area contributed by atoms with E-state index < -0.39 is 21.8 Å². The van der Waals surface area contributed by atoms with Gasteiger partial charge in [-0.2, -0.15) is 5.10 Å². The number of aromatic amines is 1. The molecule has 0 amide bonds. The van der Waals surface area contributed by atoms with E-state index in [2.05, 4.69) is 19.7 Å². The van der Waals surface area contributed by atoms with Crippen LogP contribution < -0.4 is 4.72 Å². The Balaban J connectivity index is 2.46. The summed E-state index contributed by atoms with van der Waals surface area (Å²) in [7, 11) is -2.86. The summed E-state index contributed by atoms with van der Waals surface area (Å²) in [5, 5.41) is 6.10. The second-order valence-corrected chi connectivity index (χ2v) is 5.80. The molecule has 0 aliphatic rings. The lowest BCUT2D eigenvalue weighted by Gasteiger charge is -2.11. The number of aromatic nitrogens is 2. The minimum absolute atomic E-state index is 0.0939. The largest absolute Gasteiger partial charge is 0.465 e. The number of rotatable bonds is 4. The van der Waals surface area contributed by atoms with E-state index in [0.717, 1.165) is 31.5 Å². The number of nitrogens with one attached hydrogen (secondary N) is 2. The van der Waals surface area contributed by atoms with E-state index >= 15 is 0 Å². The van der Waals surface area contributed by atoms with Crippen LogP contribution in [0.3, 0.4) is 0 Å². The zero-order chi connectivity index (χ0) is 15.6. The Bertz CT molecular complexity index is 786. The van der Waals surface area contributed by atoms with Crippen LogP contribution in [-0.2, 0) is 14.8 Å². The molecule has 1 aromatic heterocycles. The molecule has 9 heteroatoms. The van der Waals surface area contributed by atoms with Crippen molar-refractivity contribution in [3.8, 4) is 0 Å². The molecule has 0 saturated heterocycles. The molecule has 21 heavy (non-hydrogen) atoms. The van der Waals surface area contributed by atoms with Crippen LogP contribution in [0, 0.1) is 12.7 Å².